The van der Waals surface area contributed by atoms with Gasteiger partial charge in [0.25, 0.3) is 0 Å². The van der Waals surface area contributed by atoms with E-state index >= 15 is 0 Å². The highest BCUT2D eigenvalue weighted by molar-refractivity contribution is 7.18. The molecule has 0 atom stereocenters. The Bertz CT molecular complexity index is 1010. The summed E-state index contributed by atoms with van der Waals surface area (Å²) in [7, 11) is 0. The zero-order valence-electron chi connectivity index (χ0n) is 15.1. The Morgan fingerprint density at radius 2 is 1.85 bits per heavy atom. The Hall–Kier alpha value is -2.79. The van der Waals surface area contributed by atoms with Gasteiger partial charge in [-0.25, -0.2) is 4.98 Å². The number of benzene rings is 2. The molecule has 136 valence electrons. The van der Waals surface area contributed by atoms with Crippen LogP contribution < -0.4 is 5.32 Å². The summed E-state index contributed by atoms with van der Waals surface area (Å²) in [5.74, 6) is -0.165. The van der Waals surface area contributed by atoms with Gasteiger partial charge in [-0.1, -0.05) is 59.9 Å². The fraction of sp³-hybridized carbons (Fsp3) is 0.227. The van der Waals surface area contributed by atoms with E-state index in [9.17, 15) is 9.59 Å². The summed E-state index contributed by atoms with van der Waals surface area (Å²) in [4.78, 5) is 29.5. The quantitative estimate of drug-likeness (QED) is 0.658. The van der Waals surface area contributed by atoms with Crippen LogP contribution in [-0.2, 0) is 24.1 Å². The van der Waals surface area contributed by atoms with Crippen LogP contribution in [0.3, 0.4) is 0 Å². The molecular weight excluding hydrogens is 356 g/mol. The molecule has 0 saturated carbocycles. The average Bonchev–Trinajstić information content (AvgIpc) is 3.29. The SMILES string of the molecule is CC(=O)c1sc(NC(=O)Cc2ccc3c(c2)CCC3)nc1-c1ccccc1. The molecule has 0 bridgehead atoms. The summed E-state index contributed by atoms with van der Waals surface area (Å²) >= 11 is 1.23. The number of amides is 1. The molecule has 0 radical (unpaired) electrons. The number of nitrogens with one attached hydrogen (secondary N) is 1. The number of nitrogens with zero attached hydrogens (tertiary/aromatic N) is 1. The molecule has 1 amide bonds. The zero-order valence-corrected chi connectivity index (χ0v) is 15.9. The fourth-order valence-corrected chi connectivity index (χ4v) is 4.39. The first-order valence-electron chi connectivity index (χ1n) is 9.08. The minimum atomic E-state index is -0.114. The average molecular weight is 376 g/mol. The largest absolute Gasteiger partial charge is 0.302 e. The first-order chi connectivity index (χ1) is 13.1. The summed E-state index contributed by atoms with van der Waals surface area (Å²) in [5.41, 5.74) is 5.27. The van der Waals surface area contributed by atoms with E-state index < -0.39 is 0 Å². The van der Waals surface area contributed by atoms with Gasteiger partial charge in [-0.05, 0) is 36.0 Å². The van der Waals surface area contributed by atoms with Crippen LogP contribution in [0, 0.1) is 0 Å². The molecule has 4 rings (SSSR count). The Kier molecular flexibility index (Phi) is 4.86. The van der Waals surface area contributed by atoms with Gasteiger partial charge in [-0.3, -0.25) is 9.59 Å². The van der Waals surface area contributed by atoms with E-state index in [0.717, 1.165) is 24.0 Å². The van der Waals surface area contributed by atoms with Crippen LogP contribution in [0.4, 0.5) is 5.13 Å². The molecule has 1 N–H and O–H groups in total. The minimum absolute atomic E-state index is 0.0505. The normalized spacial score (nSPS) is 12.6. The van der Waals surface area contributed by atoms with Crippen molar-refractivity contribution in [3.05, 3.63) is 70.1 Å². The van der Waals surface area contributed by atoms with E-state index in [1.54, 1.807) is 0 Å². The predicted octanol–water partition coefficient (Wildman–Crippen LogP) is 4.68. The number of hydrogen-bond acceptors (Lipinski definition) is 4. The highest BCUT2D eigenvalue weighted by atomic mass is 32.1. The summed E-state index contributed by atoms with van der Waals surface area (Å²) in [6.07, 6.45) is 3.74. The molecule has 1 aromatic heterocycles. The van der Waals surface area contributed by atoms with E-state index in [0.29, 0.717) is 22.1 Å². The maximum Gasteiger partial charge on any atom is 0.230 e. The Morgan fingerprint density at radius 1 is 1.07 bits per heavy atom. The first kappa shape index (κ1) is 17.6. The van der Waals surface area contributed by atoms with Crippen molar-refractivity contribution in [3.8, 4) is 11.3 Å². The van der Waals surface area contributed by atoms with E-state index in [1.165, 1.54) is 35.8 Å². The number of rotatable bonds is 5. The number of ketones is 1. The second-order valence-corrected chi connectivity index (χ2v) is 7.80. The molecule has 5 heteroatoms. The Labute approximate surface area is 162 Å². The van der Waals surface area contributed by atoms with Crippen molar-refractivity contribution in [2.75, 3.05) is 5.32 Å². The van der Waals surface area contributed by atoms with Crippen molar-refractivity contribution in [2.45, 2.75) is 32.6 Å². The second-order valence-electron chi connectivity index (χ2n) is 6.80. The van der Waals surface area contributed by atoms with Gasteiger partial charge in [0.2, 0.25) is 5.91 Å². The van der Waals surface area contributed by atoms with Crippen molar-refractivity contribution in [3.63, 3.8) is 0 Å². The topological polar surface area (TPSA) is 59.1 Å². The summed E-state index contributed by atoms with van der Waals surface area (Å²) < 4.78 is 0. The highest BCUT2D eigenvalue weighted by Crippen LogP contribution is 2.31. The lowest BCUT2D eigenvalue weighted by Crippen LogP contribution is -2.14. The molecule has 0 unspecified atom stereocenters. The number of Topliss-reactive ketones (excluding diaryl/α,β-unsaturated/α-hetero) is 1. The van der Waals surface area contributed by atoms with Crippen LogP contribution in [0.25, 0.3) is 11.3 Å². The highest BCUT2D eigenvalue weighted by Gasteiger charge is 2.18. The van der Waals surface area contributed by atoms with Crippen LogP contribution in [0.5, 0.6) is 0 Å². The number of carbonyl (C=O) groups is 2. The zero-order chi connectivity index (χ0) is 18.8. The van der Waals surface area contributed by atoms with Gasteiger partial charge in [0.05, 0.1) is 17.0 Å². The van der Waals surface area contributed by atoms with Crippen LogP contribution in [0.1, 0.15) is 39.7 Å². The van der Waals surface area contributed by atoms with E-state index in [4.69, 9.17) is 0 Å². The Morgan fingerprint density at radius 3 is 2.63 bits per heavy atom. The second kappa shape index (κ2) is 7.45. The van der Waals surface area contributed by atoms with Gasteiger partial charge in [0, 0.05) is 12.5 Å². The van der Waals surface area contributed by atoms with E-state index in [1.807, 2.05) is 36.4 Å². The first-order valence-corrected chi connectivity index (χ1v) is 9.89. The van der Waals surface area contributed by atoms with Crippen LogP contribution in [-0.4, -0.2) is 16.7 Å². The monoisotopic (exact) mass is 376 g/mol. The number of fused-ring (bicyclic) bond motifs is 1. The maximum atomic E-state index is 12.5. The van der Waals surface area contributed by atoms with E-state index in [-0.39, 0.29) is 11.7 Å². The Balaban J connectivity index is 1.52. The standard InChI is InChI=1S/C22H20N2O2S/c1-14(25)21-20(17-6-3-2-4-7-17)24-22(27-21)23-19(26)13-15-10-11-16-8-5-9-18(16)12-15/h2-4,6-7,10-12H,5,8-9,13H2,1H3,(H,23,24,26). The molecule has 3 aromatic rings. The molecule has 0 saturated heterocycles. The van der Waals surface area contributed by atoms with Crippen molar-refractivity contribution in [2.24, 2.45) is 0 Å². The smallest absolute Gasteiger partial charge is 0.230 e. The number of anilines is 1. The van der Waals surface area contributed by atoms with Gasteiger partial charge < -0.3 is 5.32 Å². The summed E-state index contributed by atoms with van der Waals surface area (Å²) in [6, 6.07) is 15.9. The van der Waals surface area contributed by atoms with Gasteiger partial charge in [-0.2, -0.15) is 0 Å². The van der Waals surface area contributed by atoms with Gasteiger partial charge in [0.1, 0.15) is 0 Å². The third-order valence-corrected chi connectivity index (χ3v) is 5.84. The van der Waals surface area contributed by atoms with Gasteiger partial charge in [0.15, 0.2) is 10.9 Å². The molecule has 0 spiro atoms. The molecule has 4 nitrogen and oxygen atoms in total. The third-order valence-electron chi connectivity index (χ3n) is 4.77. The van der Waals surface area contributed by atoms with Crippen molar-refractivity contribution >= 4 is 28.2 Å². The van der Waals surface area contributed by atoms with Gasteiger partial charge >= 0.3 is 0 Å². The molecule has 27 heavy (non-hydrogen) atoms. The molecular formula is C22H20N2O2S. The fourth-order valence-electron chi connectivity index (χ4n) is 3.49. The molecule has 2 aromatic carbocycles. The molecule has 0 aliphatic heterocycles. The summed E-state index contributed by atoms with van der Waals surface area (Å²) in [5, 5.41) is 3.32. The van der Waals surface area contributed by atoms with Crippen molar-refractivity contribution in [1.29, 1.82) is 0 Å². The molecule has 0 fully saturated rings. The molecule has 1 aliphatic carbocycles. The van der Waals surface area contributed by atoms with Crippen LogP contribution >= 0.6 is 11.3 Å². The van der Waals surface area contributed by atoms with Gasteiger partial charge in [-0.15, -0.1) is 0 Å². The van der Waals surface area contributed by atoms with Crippen molar-refractivity contribution in [1.82, 2.24) is 4.98 Å². The number of hydrogen-bond donors (Lipinski definition) is 1. The minimum Gasteiger partial charge on any atom is -0.302 e. The predicted molar refractivity (Wildman–Crippen MR) is 108 cm³/mol. The number of aromatic nitrogens is 1. The molecule has 1 heterocycles. The summed E-state index contributed by atoms with van der Waals surface area (Å²) in [6.45, 7) is 1.52. The maximum absolute atomic E-state index is 12.5. The lowest BCUT2D eigenvalue weighted by atomic mass is 10.0. The van der Waals surface area contributed by atoms with Crippen molar-refractivity contribution < 1.29 is 9.59 Å². The number of aryl methyl sites for hydroxylation is 2. The number of thiazole rings is 1. The number of carbonyl (C=O) groups excluding carboxylic acids is 2. The van der Waals surface area contributed by atoms with E-state index in [2.05, 4.69) is 22.4 Å². The lowest BCUT2D eigenvalue weighted by Gasteiger charge is -2.05. The van der Waals surface area contributed by atoms with Crippen LogP contribution in [0.15, 0.2) is 48.5 Å². The lowest BCUT2D eigenvalue weighted by molar-refractivity contribution is -0.115. The molecule has 1 aliphatic rings. The third kappa shape index (κ3) is 3.83. The van der Waals surface area contributed by atoms with Crippen LogP contribution in [0.2, 0.25) is 0 Å².